The number of aliphatic hydroxyl groups excluding tert-OH is 1. The number of aliphatic hydroxyl groups is 1. The number of aromatic nitrogens is 4. The van der Waals surface area contributed by atoms with Crippen LogP contribution in [0.1, 0.15) is 19.3 Å². The quantitative estimate of drug-likeness (QED) is 0.795. The van der Waals surface area contributed by atoms with Crippen molar-refractivity contribution >= 4 is 23.2 Å². The molecule has 9 heteroatoms. The zero-order valence-electron chi connectivity index (χ0n) is 15.5. The maximum Gasteiger partial charge on any atom is 0.249 e. The van der Waals surface area contributed by atoms with Crippen LogP contribution in [0.25, 0.3) is 0 Å². The van der Waals surface area contributed by atoms with Crippen molar-refractivity contribution in [2.24, 2.45) is 13.0 Å². The fourth-order valence-corrected chi connectivity index (χ4v) is 3.82. The van der Waals surface area contributed by atoms with E-state index in [9.17, 15) is 9.90 Å². The Bertz CT molecular complexity index is 809. The molecule has 27 heavy (non-hydrogen) atoms. The Kier molecular flexibility index (Phi) is 4.93. The largest absolute Gasteiger partial charge is 0.396 e. The van der Waals surface area contributed by atoms with E-state index in [0.29, 0.717) is 18.8 Å². The molecule has 9 nitrogen and oxygen atoms in total. The standard InChI is InChI=1S/C18H25N7O2/c1-23-10-14(8-21-23)25-6-4-15(18(25)27)22-16-7-17(20-12-19-16)24-5-2-3-13(9-24)11-26/h7-8,10,12-13,15,26H,2-6,9,11H2,1H3,(H,19,20,22). The van der Waals surface area contributed by atoms with Crippen LogP contribution in [0, 0.1) is 5.92 Å². The number of hydrogen-bond acceptors (Lipinski definition) is 7. The minimum atomic E-state index is -0.306. The molecule has 0 saturated carbocycles. The van der Waals surface area contributed by atoms with Crippen LogP contribution < -0.4 is 15.1 Å². The summed E-state index contributed by atoms with van der Waals surface area (Å²) in [6.45, 7) is 2.58. The molecular formula is C18H25N7O2. The molecule has 2 fully saturated rings. The Morgan fingerprint density at radius 3 is 2.96 bits per heavy atom. The summed E-state index contributed by atoms with van der Waals surface area (Å²) in [6.07, 6.45) is 7.87. The minimum Gasteiger partial charge on any atom is -0.396 e. The van der Waals surface area contributed by atoms with Gasteiger partial charge in [0.05, 0.1) is 11.9 Å². The van der Waals surface area contributed by atoms with Crippen LogP contribution in [-0.2, 0) is 11.8 Å². The van der Waals surface area contributed by atoms with Gasteiger partial charge in [-0.15, -0.1) is 0 Å². The van der Waals surface area contributed by atoms with Crippen molar-refractivity contribution in [1.29, 1.82) is 0 Å². The molecule has 2 saturated heterocycles. The third-order valence-electron chi connectivity index (χ3n) is 5.28. The van der Waals surface area contributed by atoms with Crippen LogP contribution in [0.15, 0.2) is 24.8 Å². The smallest absolute Gasteiger partial charge is 0.249 e. The molecule has 2 aliphatic heterocycles. The maximum absolute atomic E-state index is 12.7. The molecule has 0 aliphatic carbocycles. The van der Waals surface area contributed by atoms with Gasteiger partial charge in [0.2, 0.25) is 5.91 Å². The van der Waals surface area contributed by atoms with Gasteiger partial charge >= 0.3 is 0 Å². The lowest BCUT2D eigenvalue weighted by atomic mass is 9.99. The lowest BCUT2D eigenvalue weighted by Gasteiger charge is -2.32. The van der Waals surface area contributed by atoms with E-state index in [-0.39, 0.29) is 24.5 Å². The number of nitrogens with zero attached hydrogens (tertiary/aromatic N) is 6. The van der Waals surface area contributed by atoms with Crippen LogP contribution in [0.3, 0.4) is 0 Å². The average molecular weight is 371 g/mol. The van der Waals surface area contributed by atoms with Crippen LogP contribution in [0.5, 0.6) is 0 Å². The summed E-state index contributed by atoms with van der Waals surface area (Å²) in [5, 5.41) is 16.8. The highest BCUT2D eigenvalue weighted by atomic mass is 16.3. The third kappa shape index (κ3) is 3.73. The summed E-state index contributed by atoms with van der Waals surface area (Å²) in [6, 6.07) is 1.58. The third-order valence-corrected chi connectivity index (χ3v) is 5.28. The fourth-order valence-electron chi connectivity index (χ4n) is 3.82. The monoisotopic (exact) mass is 371 g/mol. The summed E-state index contributed by atoms with van der Waals surface area (Å²) in [5.74, 6) is 1.80. The Morgan fingerprint density at radius 1 is 1.30 bits per heavy atom. The Morgan fingerprint density at radius 2 is 2.19 bits per heavy atom. The van der Waals surface area contributed by atoms with E-state index in [1.54, 1.807) is 15.8 Å². The molecule has 2 atom stereocenters. The van der Waals surface area contributed by atoms with E-state index in [4.69, 9.17) is 0 Å². The highest BCUT2D eigenvalue weighted by Crippen LogP contribution is 2.25. The molecule has 1 amide bonds. The number of piperidine rings is 1. The van der Waals surface area contributed by atoms with Gasteiger partial charge in [-0.25, -0.2) is 9.97 Å². The van der Waals surface area contributed by atoms with Crippen LogP contribution in [-0.4, -0.2) is 63.0 Å². The van der Waals surface area contributed by atoms with Crippen LogP contribution in [0.4, 0.5) is 17.3 Å². The Labute approximate surface area is 158 Å². The highest BCUT2D eigenvalue weighted by Gasteiger charge is 2.33. The average Bonchev–Trinajstić information content (AvgIpc) is 3.28. The van der Waals surface area contributed by atoms with Crippen molar-refractivity contribution in [3.05, 3.63) is 24.8 Å². The van der Waals surface area contributed by atoms with Gasteiger partial charge < -0.3 is 20.2 Å². The number of aryl methyl sites for hydroxylation is 1. The van der Waals surface area contributed by atoms with Crippen molar-refractivity contribution in [1.82, 2.24) is 19.7 Å². The molecule has 0 bridgehead atoms. The summed E-state index contributed by atoms with van der Waals surface area (Å²) in [5.41, 5.74) is 0.818. The van der Waals surface area contributed by atoms with Crippen LogP contribution >= 0.6 is 0 Å². The Hall–Kier alpha value is -2.68. The van der Waals surface area contributed by atoms with Crippen molar-refractivity contribution in [3.8, 4) is 0 Å². The van der Waals surface area contributed by atoms with Crippen molar-refractivity contribution in [2.75, 3.05) is 41.4 Å². The molecule has 4 rings (SSSR count). The molecule has 2 unspecified atom stereocenters. The molecule has 4 heterocycles. The van der Waals surface area contributed by atoms with E-state index >= 15 is 0 Å². The molecule has 2 N–H and O–H groups in total. The van der Waals surface area contributed by atoms with E-state index in [1.807, 2.05) is 19.3 Å². The number of nitrogens with one attached hydrogen (secondary N) is 1. The van der Waals surface area contributed by atoms with Gasteiger partial charge in [-0.05, 0) is 25.2 Å². The number of hydrogen-bond donors (Lipinski definition) is 2. The normalized spacial score (nSPS) is 23.1. The molecule has 0 aromatic carbocycles. The predicted molar refractivity (Wildman–Crippen MR) is 102 cm³/mol. The van der Waals surface area contributed by atoms with Gasteiger partial charge in [0.15, 0.2) is 0 Å². The van der Waals surface area contributed by atoms with Crippen molar-refractivity contribution in [2.45, 2.75) is 25.3 Å². The topological polar surface area (TPSA) is 99.4 Å². The first kappa shape index (κ1) is 17.7. The summed E-state index contributed by atoms with van der Waals surface area (Å²) >= 11 is 0. The second-order valence-electron chi connectivity index (χ2n) is 7.25. The molecule has 2 aromatic rings. The highest BCUT2D eigenvalue weighted by molar-refractivity contribution is 6.00. The maximum atomic E-state index is 12.7. The molecule has 2 aliphatic rings. The molecule has 2 aromatic heterocycles. The predicted octanol–water partition coefficient (Wildman–Crippen LogP) is 0.636. The summed E-state index contributed by atoms with van der Waals surface area (Å²) < 4.78 is 1.69. The lowest BCUT2D eigenvalue weighted by Crippen LogP contribution is -2.37. The van der Waals surface area contributed by atoms with E-state index in [2.05, 4.69) is 25.3 Å². The van der Waals surface area contributed by atoms with Gasteiger partial charge in [0, 0.05) is 45.6 Å². The zero-order valence-corrected chi connectivity index (χ0v) is 15.5. The van der Waals surface area contributed by atoms with Gasteiger partial charge in [0.1, 0.15) is 24.0 Å². The first-order chi connectivity index (χ1) is 13.1. The second-order valence-corrected chi connectivity index (χ2v) is 7.25. The fraction of sp³-hybridized carbons (Fsp3) is 0.556. The van der Waals surface area contributed by atoms with E-state index < -0.39 is 0 Å². The van der Waals surface area contributed by atoms with Crippen molar-refractivity contribution in [3.63, 3.8) is 0 Å². The molecule has 144 valence electrons. The van der Waals surface area contributed by atoms with Gasteiger partial charge in [-0.2, -0.15) is 5.10 Å². The molecular weight excluding hydrogens is 346 g/mol. The number of carbonyl (C=O) groups is 1. The first-order valence-corrected chi connectivity index (χ1v) is 9.38. The number of rotatable bonds is 5. The van der Waals surface area contributed by atoms with Crippen LogP contribution in [0.2, 0.25) is 0 Å². The van der Waals surface area contributed by atoms with E-state index in [0.717, 1.165) is 37.4 Å². The number of amides is 1. The minimum absolute atomic E-state index is 0.0291. The van der Waals surface area contributed by atoms with Crippen molar-refractivity contribution < 1.29 is 9.90 Å². The second kappa shape index (κ2) is 7.51. The number of carbonyl (C=O) groups excluding carboxylic acids is 1. The lowest BCUT2D eigenvalue weighted by molar-refractivity contribution is -0.117. The van der Waals surface area contributed by atoms with Gasteiger partial charge in [0.25, 0.3) is 0 Å². The SMILES string of the molecule is Cn1cc(N2CCC(Nc3cc(N4CCCC(CO)C4)ncn3)C2=O)cn1. The molecule has 0 radical (unpaired) electrons. The zero-order chi connectivity index (χ0) is 18.8. The van der Waals surface area contributed by atoms with Gasteiger partial charge in [-0.1, -0.05) is 0 Å². The summed E-state index contributed by atoms with van der Waals surface area (Å²) in [4.78, 5) is 25.3. The Balaban J connectivity index is 1.43. The van der Waals surface area contributed by atoms with E-state index in [1.165, 1.54) is 6.33 Å². The number of anilines is 3. The van der Waals surface area contributed by atoms with Gasteiger partial charge in [-0.3, -0.25) is 9.48 Å². The molecule has 0 spiro atoms. The first-order valence-electron chi connectivity index (χ1n) is 9.38. The summed E-state index contributed by atoms with van der Waals surface area (Å²) in [7, 11) is 1.84.